The molecule has 3 nitrogen and oxygen atoms in total. The van der Waals surface area contributed by atoms with Gasteiger partial charge in [0.2, 0.25) is 5.88 Å². The molecule has 3 heteroatoms. The summed E-state index contributed by atoms with van der Waals surface area (Å²) in [6.45, 7) is 2.79. The van der Waals surface area contributed by atoms with E-state index in [-0.39, 0.29) is 0 Å². The number of anilines is 1. The van der Waals surface area contributed by atoms with E-state index in [1.54, 1.807) is 0 Å². The van der Waals surface area contributed by atoms with Crippen molar-refractivity contribution in [2.45, 2.75) is 13.3 Å². The average Bonchev–Trinajstić information content (AvgIpc) is 2.52. The van der Waals surface area contributed by atoms with Crippen LogP contribution >= 0.6 is 0 Å². The second-order valence-electron chi connectivity index (χ2n) is 5.10. The predicted molar refractivity (Wildman–Crippen MR) is 89.7 cm³/mol. The smallest absolute Gasteiger partial charge is 0.213 e. The number of pyridine rings is 1. The topological polar surface area (TPSA) is 25.4 Å². The molecule has 0 aliphatic carbocycles. The second-order valence-corrected chi connectivity index (χ2v) is 5.10. The third-order valence-electron chi connectivity index (χ3n) is 3.09. The van der Waals surface area contributed by atoms with Gasteiger partial charge in [-0.2, -0.15) is 0 Å². The van der Waals surface area contributed by atoms with Gasteiger partial charge in [0, 0.05) is 32.0 Å². The van der Waals surface area contributed by atoms with E-state index < -0.39 is 0 Å². The molecular formula is C18H22N2O. The Hall–Kier alpha value is -2.29. The Labute approximate surface area is 126 Å². The van der Waals surface area contributed by atoms with E-state index >= 15 is 0 Å². The molecule has 0 saturated heterocycles. The standard InChI is InChI=1S/C18H22N2O/c1-4-13-21-18-12-9-16(14-19-18)6-5-15-7-10-17(11-8-15)20(2)3/h5-12,14H,4,13H2,1-3H3/b6-5+. The molecule has 0 saturated carbocycles. The molecule has 110 valence electrons. The molecule has 0 atom stereocenters. The molecule has 0 unspecified atom stereocenters. The van der Waals surface area contributed by atoms with Gasteiger partial charge in [0.1, 0.15) is 0 Å². The first-order valence-electron chi connectivity index (χ1n) is 7.23. The molecule has 0 fully saturated rings. The summed E-state index contributed by atoms with van der Waals surface area (Å²) in [6, 6.07) is 12.4. The molecule has 1 aromatic carbocycles. The van der Waals surface area contributed by atoms with Crippen LogP contribution in [-0.2, 0) is 0 Å². The van der Waals surface area contributed by atoms with Crippen molar-refractivity contribution >= 4 is 17.8 Å². The highest BCUT2D eigenvalue weighted by molar-refractivity contribution is 5.70. The zero-order valence-corrected chi connectivity index (χ0v) is 12.9. The van der Waals surface area contributed by atoms with Gasteiger partial charge in [0.25, 0.3) is 0 Å². The third-order valence-corrected chi connectivity index (χ3v) is 3.09. The Morgan fingerprint density at radius 1 is 1.00 bits per heavy atom. The van der Waals surface area contributed by atoms with Crippen molar-refractivity contribution < 1.29 is 4.74 Å². The molecule has 0 amide bonds. The van der Waals surface area contributed by atoms with Crippen LogP contribution < -0.4 is 9.64 Å². The quantitative estimate of drug-likeness (QED) is 0.797. The molecule has 2 aromatic rings. The summed E-state index contributed by atoms with van der Waals surface area (Å²) in [6.07, 6.45) is 6.96. The van der Waals surface area contributed by atoms with Crippen molar-refractivity contribution in [3.63, 3.8) is 0 Å². The summed E-state index contributed by atoms with van der Waals surface area (Å²) in [5, 5.41) is 0. The van der Waals surface area contributed by atoms with Crippen LogP contribution in [0.2, 0.25) is 0 Å². The SMILES string of the molecule is CCCOc1ccc(/C=C/c2ccc(N(C)C)cc2)cn1. The number of nitrogens with zero attached hydrogens (tertiary/aromatic N) is 2. The molecule has 21 heavy (non-hydrogen) atoms. The third kappa shape index (κ3) is 4.63. The first-order valence-corrected chi connectivity index (χ1v) is 7.23. The summed E-state index contributed by atoms with van der Waals surface area (Å²) < 4.78 is 5.47. The lowest BCUT2D eigenvalue weighted by atomic mass is 10.1. The number of benzene rings is 1. The minimum Gasteiger partial charge on any atom is -0.478 e. The van der Waals surface area contributed by atoms with E-state index in [2.05, 4.69) is 53.2 Å². The van der Waals surface area contributed by atoms with E-state index in [4.69, 9.17) is 4.74 Å². The van der Waals surface area contributed by atoms with Crippen molar-refractivity contribution in [2.24, 2.45) is 0 Å². The summed E-state index contributed by atoms with van der Waals surface area (Å²) >= 11 is 0. The van der Waals surface area contributed by atoms with Crippen LogP contribution in [0, 0.1) is 0 Å². The molecule has 2 rings (SSSR count). The normalized spacial score (nSPS) is 10.8. The van der Waals surface area contributed by atoms with E-state index in [0.29, 0.717) is 12.5 Å². The number of rotatable bonds is 6. The maximum absolute atomic E-state index is 5.47. The van der Waals surface area contributed by atoms with Crippen LogP contribution in [-0.4, -0.2) is 25.7 Å². The van der Waals surface area contributed by atoms with Gasteiger partial charge < -0.3 is 9.64 Å². The first kappa shape index (κ1) is 15.1. The molecule has 0 radical (unpaired) electrons. The first-order chi connectivity index (χ1) is 10.2. The van der Waals surface area contributed by atoms with Gasteiger partial charge in [-0.25, -0.2) is 4.98 Å². The van der Waals surface area contributed by atoms with Gasteiger partial charge in [0.15, 0.2) is 0 Å². The molecule has 0 N–H and O–H groups in total. The highest BCUT2D eigenvalue weighted by Crippen LogP contribution is 2.15. The molecule has 1 aromatic heterocycles. The molecule has 0 aliphatic rings. The lowest BCUT2D eigenvalue weighted by Crippen LogP contribution is -2.07. The highest BCUT2D eigenvalue weighted by Gasteiger charge is 1.95. The monoisotopic (exact) mass is 282 g/mol. The fraction of sp³-hybridized carbons (Fsp3) is 0.278. The lowest BCUT2D eigenvalue weighted by Gasteiger charge is -2.11. The second kappa shape index (κ2) is 7.48. The zero-order chi connectivity index (χ0) is 15.1. The minimum absolute atomic E-state index is 0.685. The van der Waals surface area contributed by atoms with Gasteiger partial charge in [-0.05, 0) is 35.7 Å². The molecule has 0 spiro atoms. The van der Waals surface area contributed by atoms with Crippen LogP contribution in [0.15, 0.2) is 42.6 Å². The largest absolute Gasteiger partial charge is 0.478 e. The fourth-order valence-electron chi connectivity index (χ4n) is 1.86. The molecule has 0 aliphatic heterocycles. The summed E-state index contributed by atoms with van der Waals surface area (Å²) in [4.78, 5) is 6.38. The maximum Gasteiger partial charge on any atom is 0.213 e. The minimum atomic E-state index is 0.685. The Balaban J connectivity index is 2.00. The van der Waals surface area contributed by atoms with E-state index in [1.165, 1.54) is 11.3 Å². The Bertz CT molecular complexity index is 571. The highest BCUT2D eigenvalue weighted by atomic mass is 16.5. The number of hydrogen-bond donors (Lipinski definition) is 0. The van der Waals surface area contributed by atoms with Gasteiger partial charge in [-0.15, -0.1) is 0 Å². The summed E-state index contributed by atoms with van der Waals surface area (Å²) in [5.41, 5.74) is 3.44. The number of aromatic nitrogens is 1. The lowest BCUT2D eigenvalue weighted by molar-refractivity contribution is 0.305. The predicted octanol–water partition coefficient (Wildman–Crippen LogP) is 4.11. The molecule has 0 bridgehead atoms. The van der Waals surface area contributed by atoms with Crippen molar-refractivity contribution in [1.29, 1.82) is 0 Å². The van der Waals surface area contributed by atoms with Crippen LogP contribution in [0.5, 0.6) is 5.88 Å². The Morgan fingerprint density at radius 2 is 1.67 bits per heavy atom. The maximum atomic E-state index is 5.47. The van der Waals surface area contributed by atoms with Crippen LogP contribution in [0.4, 0.5) is 5.69 Å². The van der Waals surface area contributed by atoms with Crippen molar-refractivity contribution in [2.75, 3.05) is 25.6 Å². The summed E-state index contributed by atoms with van der Waals surface area (Å²) in [5.74, 6) is 0.685. The summed E-state index contributed by atoms with van der Waals surface area (Å²) in [7, 11) is 4.08. The van der Waals surface area contributed by atoms with E-state index in [0.717, 1.165) is 12.0 Å². The zero-order valence-electron chi connectivity index (χ0n) is 12.9. The van der Waals surface area contributed by atoms with Crippen molar-refractivity contribution in [1.82, 2.24) is 4.98 Å². The van der Waals surface area contributed by atoms with Crippen molar-refractivity contribution in [3.8, 4) is 5.88 Å². The number of hydrogen-bond acceptors (Lipinski definition) is 3. The number of ether oxygens (including phenoxy) is 1. The van der Waals surface area contributed by atoms with Gasteiger partial charge >= 0.3 is 0 Å². The van der Waals surface area contributed by atoms with Crippen molar-refractivity contribution in [3.05, 3.63) is 53.7 Å². The molecule has 1 heterocycles. The van der Waals surface area contributed by atoms with Gasteiger partial charge in [0.05, 0.1) is 6.61 Å². The van der Waals surface area contributed by atoms with Crippen LogP contribution in [0.1, 0.15) is 24.5 Å². The molecular weight excluding hydrogens is 260 g/mol. The van der Waals surface area contributed by atoms with Crippen LogP contribution in [0.3, 0.4) is 0 Å². The van der Waals surface area contributed by atoms with Crippen LogP contribution in [0.25, 0.3) is 12.2 Å². The van der Waals surface area contributed by atoms with Gasteiger partial charge in [-0.3, -0.25) is 0 Å². The fourth-order valence-corrected chi connectivity index (χ4v) is 1.86. The Kier molecular flexibility index (Phi) is 5.38. The van der Waals surface area contributed by atoms with E-state index in [1.807, 2.05) is 32.4 Å². The van der Waals surface area contributed by atoms with E-state index in [9.17, 15) is 0 Å². The van der Waals surface area contributed by atoms with Gasteiger partial charge in [-0.1, -0.05) is 31.2 Å². The average molecular weight is 282 g/mol. The Morgan fingerprint density at radius 3 is 2.24 bits per heavy atom.